The van der Waals surface area contributed by atoms with E-state index in [-0.39, 0.29) is 10.8 Å². The zero-order valence-corrected chi connectivity index (χ0v) is 6.58. The normalized spacial score (nSPS) is 11.5. The summed E-state index contributed by atoms with van der Waals surface area (Å²) < 4.78 is 0. The van der Waals surface area contributed by atoms with Crippen LogP contribution in [-0.2, 0) is 10.6 Å². The van der Waals surface area contributed by atoms with E-state index in [2.05, 4.69) is 4.98 Å². The lowest BCUT2D eigenvalue weighted by Crippen LogP contribution is -2.35. The molecule has 0 aliphatic heterocycles. The van der Waals surface area contributed by atoms with E-state index < -0.39 is 11.8 Å². The second kappa shape index (κ2) is 2.70. The van der Waals surface area contributed by atoms with E-state index in [0.717, 1.165) is 11.3 Å². The van der Waals surface area contributed by atoms with Gasteiger partial charge >= 0.3 is 11.8 Å². The molecule has 0 atom stereocenters. The van der Waals surface area contributed by atoms with Gasteiger partial charge < -0.3 is 21.1 Å². The Hall–Kier alpha value is -1.18. The highest BCUT2D eigenvalue weighted by Gasteiger charge is 2.37. The van der Waals surface area contributed by atoms with Gasteiger partial charge in [-0.1, -0.05) is 0 Å². The summed E-state index contributed by atoms with van der Waals surface area (Å²) in [5.41, 5.74) is 4.79. The van der Waals surface area contributed by atoms with Gasteiger partial charge in [-0.3, -0.25) is 0 Å². The van der Waals surface area contributed by atoms with Gasteiger partial charge in [0.15, 0.2) is 5.13 Å². The van der Waals surface area contributed by atoms with Crippen molar-refractivity contribution in [3.05, 3.63) is 11.1 Å². The Balaban J connectivity index is 3.05. The van der Waals surface area contributed by atoms with E-state index in [1.54, 1.807) is 0 Å². The zero-order chi connectivity index (χ0) is 9.35. The molecule has 7 heteroatoms. The number of aliphatic carboxylic acids is 1. The van der Waals surface area contributed by atoms with E-state index in [0.29, 0.717) is 0 Å². The average Bonchev–Trinajstić information content (AvgIpc) is 2.35. The fraction of sp³-hybridized carbons (Fsp3) is 0.200. The lowest BCUT2D eigenvalue weighted by molar-refractivity contribution is -0.209. The highest BCUT2D eigenvalue weighted by molar-refractivity contribution is 7.13. The van der Waals surface area contributed by atoms with Gasteiger partial charge in [-0.25, -0.2) is 9.78 Å². The molecule has 0 aliphatic carbocycles. The third-order valence-corrected chi connectivity index (χ3v) is 1.85. The predicted molar refractivity (Wildman–Crippen MR) is 40.3 cm³/mol. The van der Waals surface area contributed by atoms with Gasteiger partial charge in [0, 0.05) is 5.38 Å². The highest BCUT2D eigenvalue weighted by atomic mass is 32.1. The number of carboxylic acids is 1. The number of thiazole rings is 1. The quantitative estimate of drug-likeness (QED) is 0.442. The largest absolute Gasteiger partial charge is 0.477 e. The molecule has 12 heavy (non-hydrogen) atoms. The number of nitrogens with two attached hydrogens (primary N) is 1. The third kappa shape index (κ3) is 1.37. The molecule has 1 aromatic heterocycles. The Morgan fingerprint density at radius 3 is 2.58 bits per heavy atom. The minimum absolute atomic E-state index is 0.0822. The SMILES string of the molecule is Nc1nc(C(O)(O)C(=O)O)cs1. The summed E-state index contributed by atoms with van der Waals surface area (Å²) in [4.78, 5) is 13.7. The minimum atomic E-state index is -2.95. The summed E-state index contributed by atoms with van der Waals surface area (Å²) in [6.45, 7) is 0. The Labute approximate surface area is 70.9 Å². The van der Waals surface area contributed by atoms with E-state index in [1.807, 2.05) is 0 Å². The summed E-state index contributed by atoms with van der Waals surface area (Å²) in [5, 5.41) is 27.4. The molecule has 6 nitrogen and oxygen atoms in total. The van der Waals surface area contributed by atoms with Crippen LogP contribution < -0.4 is 5.73 Å². The number of aromatic nitrogens is 1. The summed E-state index contributed by atoms with van der Waals surface area (Å²) >= 11 is 0.932. The molecular formula is C5H6N2O4S. The molecule has 1 rings (SSSR count). The fourth-order valence-electron chi connectivity index (χ4n) is 0.557. The van der Waals surface area contributed by atoms with Crippen LogP contribution in [0.3, 0.4) is 0 Å². The summed E-state index contributed by atoms with van der Waals surface area (Å²) in [7, 11) is 0. The lowest BCUT2D eigenvalue weighted by atomic mass is 10.2. The molecule has 0 radical (unpaired) electrons. The first-order valence-corrected chi connectivity index (χ1v) is 3.72. The standard InChI is InChI=1S/C5H6N2O4S/c6-4-7-2(1-12-4)5(10,11)3(8)9/h1,10-11H,(H2,6,7)(H,8,9). The molecule has 5 N–H and O–H groups in total. The number of nitrogen functional groups attached to an aromatic ring is 1. The summed E-state index contributed by atoms with van der Waals surface area (Å²) in [5.74, 6) is -4.73. The minimum Gasteiger partial charge on any atom is -0.477 e. The van der Waals surface area contributed by atoms with Crippen molar-refractivity contribution >= 4 is 22.4 Å². The molecule has 0 aromatic carbocycles. The van der Waals surface area contributed by atoms with Crippen molar-refractivity contribution in [1.82, 2.24) is 4.98 Å². The van der Waals surface area contributed by atoms with Gasteiger partial charge in [0.05, 0.1) is 0 Å². The Morgan fingerprint density at radius 2 is 2.25 bits per heavy atom. The molecule has 0 amide bonds. The van der Waals surface area contributed by atoms with Crippen LogP contribution in [-0.4, -0.2) is 26.3 Å². The van der Waals surface area contributed by atoms with Crippen LogP contribution in [0.25, 0.3) is 0 Å². The van der Waals surface area contributed by atoms with Crippen molar-refractivity contribution in [2.75, 3.05) is 5.73 Å². The number of carbonyl (C=O) groups is 1. The number of hydrogen-bond donors (Lipinski definition) is 4. The molecule has 0 unspecified atom stereocenters. The first-order valence-electron chi connectivity index (χ1n) is 2.84. The van der Waals surface area contributed by atoms with Gasteiger partial charge in [-0.15, -0.1) is 11.3 Å². The molecule has 66 valence electrons. The maximum absolute atomic E-state index is 10.3. The Morgan fingerprint density at radius 1 is 1.67 bits per heavy atom. The molecule has 0 fully saturated rings. The van der Waals surface area contributed by atoms with E-state index in [4.69, 9.17) is 21.1 Å². The van der Waals surface area contributed by atoms with Gasteiger partial charge in [-0.2, -0.15) is 0 Å². The van der Waals surface area contributed by atoms with Crippen LogP contribution in [0.4, 0.5) is 5.13 Å². The number of nitrogens with zero attached hydrogens (tertiary/aromatic N) is 1. The topological polar surface area (TPSA) is 117 Å². The lowest BCUT2D eigenvalue weighted by Gasteiger charge is -2.12. The first-order chi connectivity index (χ1) is 5.44. The van der Waals surface area contributed by atoms with Crippen LogP contribution >= 0.6 is 11.3 Å². The van der Waals surface area contributed by atoms with Crippen molar-refractivity contribution < 1.29 is 20.1 Å². The van der Waals surface area contributed by atoms with E-state index in [9.17, 15) is 4.79 Å². The third-order valence-electron chi connectivity index (χ3n) is 1.18. The maximum Gasteiger partial charge on any atom is 0.370 e. The average molecular weight is 190 g/mol. The molecule has 0 aliphatic rings. The molecule has 0 spiro atoms. The predicted octanol–water partition coefficient (Wildman–Crippen LogP) is -1.05. The summed E-state index contributed by atoms with van der Waals surface area (Å²) in [6, 6.07) is 0. The van der Waals surface area contributed by atoms with E-state index in [1.165, 1.54) is 5.38 Å². The van der Waals surface area contributed by atoms with Crippen LogP contribution in [0.5, 0.6) is 0 Å². The monoisotopic (exact) mass is 190 g/mol. The number of carboxylic acid groups (broad SMARTS) is 1. The number of aliphatic hydroxyl groups is 2. The fourth-order valence-corrected chi connectivity index (χ4v) is 1.16. The molecule has 1 heterocycles. The molecule has 0 saturated carbocycles. The van der Waals surface area contributed by atoms with Crippen LogP contribution in [0, 0.1) is 0 Å². The molecular weight excluding hydrogens is 184 g/mol. The van der Waals surface area contributed by atoms with Gasteiger partial charge in [0.25, 0.3) is 0 Å². The highest BCUT2D eigenvalue weighted by Crippen LogP contribution is 2.21. The molecule has 1 aromatic rings. The summed E-state index contributed by atoms with van der Waals surface area (Å²) in [6.07, 6.45) is 0. The van der Waals surface area contributed by atoms with Crippen molar-refractivity contribution in [2.45, 2.75) is 5.79 Å². The number of hydrogen-bond acceptors (Lipinski definition) is 6. The first kappa shape index (κ1) is 8.91. The van der Waals surface area contributed by atoms with Crippen molar-refractivity contribution in [2.24, 2.45) is 0 Å². The van der Waals surface area contributed by atoms with Crippen molar-refractivity contribution in [1.29, 1.82) is 0 Å². The Bertz CT molecular complexity index is 308. The van der Waals surface area contributed by atoms with Gasteiger partial charge in [0.1, 0.15) is 5.69 Å². The molecule has 0 saturated heterocycles. The van der Waals surface area contributed by atoms with Gasteiger partial charge in [0.2, 0.25) is 0 Å². The van der Waals surface area contributed by atoms with Crippen LogP contribution in [0.1, 0.15) is 5.69 Å². The van der Waals surface area contributed by atoms with Gasteiger partial charge in [-0.05, 0) is 0 Å². The number of anilines is 1. The second-order valence-corrected chi connectivity index (χ2v) is 2.94. The second-order valence-electron chi connectivity index (χ2n) is 2.05. The smallest absolute Gasteiger partial charge is 0.370 e. The zero-order valence-electron chi connectivity index (χ0n) is 5.76. The number of rotatable bonds is 2. The van der Waals surface area contributed by atoms with Crippen LogP contribution in [0.2, 0.25) is 0 Å². The van der Waals surface area contributed by atoms with Crippen LogP contribution in [0.15, 0.2) is 5.38 Å². The maximum atomic E-state index is 10.3. The van der Waals surface area contributed by atoms with Crippen molar-refractivity contribution in [3.63, 3.8) is 0 Å². The van der Waals surface area contributed by atoms with E-state index >= 15 is 0 Å². The molecule has 0 bridgehead atoms. The van der Waals surface area contributed by atoms with Crippen molar-refractivity contribution in [3.8, 4) is 0 Å². The Kier molecular flexibility index (Phi) is 2.01.